The molecule has 2 rings (SSSR count). The number of ether oxygens (including phenoxy) is 1. The first-order valence-corrected chi connectivity index (χ1v) is 6.52. The van der Waals surface area contributed by atoms with Crippen LogP contribution in [-0.2, 0) is 0 Å². The summed E-state index contributed by atoms with van der Waals surface area (Å²) in [6.45, 7) is 6.31. The molecule has 0 aliphatic rings. The van der Waals surface area contributed by atoms with Gasteiger partial charge in [-0.15, -0.1) is 0 Å². The number of carbonyl (C=O) groups excluding carboxylic acids is 1. The van der Waals surface area contributed by atoms with Gasteiger partial charge in [0.05, 0.1) is 6.10 Å². The molecule has 0 spiro atoms. The van der Waals surface area contributed by atoms with E-state index in [-0.39, 0.29) is 23.8 Å². The third kappa shape index (κ3) is 3.65. The topological polar surface area (TPSA) is 121 Å². The number of aromatic nitrogens is 5. The fraction of sp³-hybridized carbons (Fsp3) is 0.417. The van der Waals surface area contributed by atoms with E-state index < -0.39 is 5.91 Å². The van der Waals surface area contributed by atoms with Crippen LogP contribution in [0.2, 0.25) is 0 Å². The predicted octanol–water partition coefficient (Wildman–Crippen LogP) is 0.375. The van der Waals surface area contributed by atoms with E-state index in [1.165, 1.54) is 10.7 Å². The van der Waals surface area contributed by atoms with E-state index in [1.807, 2.05) is 20.8 Å². The summed E-state index contributed by atoms with van der Waals surface area (Å²) in [5.74, 6) is -0.00765. The normalized spacial score (nSPS) is 10.7. The van der Waals surface area contributed by atoms with Gasteiger partial charge in [0.25, 0.3) is 11.9 Å². The number of nitrogens with one attached hydrogen (secondary N) is 1. The number of hydrogen-bond acceptors (Lipinski definition) is 7. The Labute approximate surface area is 121 Å². The Morgan fingerprint density at radius 3 is 2.76 bits per heavy atom. The molecular weight excluding hydrogens is 274 g/mol. The molecule has 112 valence electrons. The van der Waals surface area contributed by atoms with Gasteiger partial charge in [-0.1, -0.05) is 0 Å². The Kier molecular flexibility index (Phi) is 4.31. The predicted molar refractivity (Wildman–Crippen MR) is 75.4 cm³/mol. The molecule has 0 saturated heterocycles. The van der Waals surface area contributed by atoms with E-state index in [0.717, 1.165) is 0 Å². The highest BCUT2D eigenvalue weighted by Crippen LogP contribution is 2.12. The molecule has 1 amide bonds. The van der Waals surface area contributed by atoms with Crippen molar-refractivity contribution in [3.8, 4) is 12.0 Å². The van der Waals surface area contributed by atoms with E-state index in [0.29, 0.717) is 12.5 Å². The van der Waals surface area contributed by atoms with Crippen molar-refractivity contribution in [2.24, 2.45) is 5.73 Å². The molecule has 0 unspecified atom stereocenters. The van der Waals surface area contributed by atoms with E-state index >= 15 is 0 Å². The largest absolute Gasteiger partial charge is 0.461 e. The van der Waals surface area contributed by atoms with Crippen molar-refractivity contribution in [3.05, 3.63) is 18.0 Å². The average molecular weight is 291 g/mol. The number of amides is 1. The summed E-state index contributed by atoms with van der Waals surface area (Å²) >= 11 is 0. The SMILES string of the molecule is CCNc1nc(OC(C)C)nc(-n2ccc(C(N)=O)n2)n1. The van der Waals surface area contributed by atoms with E-state index in [9.17, 15) is 4.79 Å². The molecule has 0 bridgehead atoms. The van der Waals surface area contributed by atoms with E-state index in [2.05, 4.69) is 25.4 Å². The van der Waals surface area contributed by atoms with Crippen LogP contribution in [0.25, 0.3) is 5.95 Å². The maximum atomic E-state index is 11.1. The molecule has 0 radical (unpaired) electrons. The van der Waals surface area contributed by atoms with Crippen LogP contribution in [0.15, 0.2) is 12.3 Å². The zero-order chi connectivity index (χ0) is 15.4. The van der Waals surface area contributed by atoms with Gasteiger partial charge in [-0.25, -0.2) is 4.68 Å². The van der Waals surface area contributed by atoms with Crippen LogP contribution in [0.1, 0.15) is 31.3 Å². The molecule has 0 aliphatic heterocycles. The first-order chi connectivity index (χ1) is 9.99. The minimum Gasteiger partial charge on any atom is -0.461 e. The molecule has 3 N–H and O–H groups in total. The van der Waals surface area contributed by atoms with Gasteiger partial charge in [0.1, 0.15) is 5.69 Å². The van der Waals surface area contributed by atoms with Crippen LogP contribution in [-0.4, -0.2) is 43.3 Å². The molecule has 0 saturated carbocycles. The molecule has 9 nitrogen and oxygen atoms in total. The van der Waals surface area contributed by atoms with Crippen molar-refractivity contribution < 1.29 is 9.53 Å². The Morgan fingerprint density at radius 1 is 1.43 bits per heavy atom. The van der Waals surface area contributed by atoms with Gasteiger partial charge in [0.2, 0.25) is 5.95 Å². The maximum absolute atomic E-state index is 11.1. The summed E-state index contributed by atoms with van der Waals surface area (Å²) in [6.07, 6.45) is 1.47. The molecule has 9 heteroatoms. The van der Waals surface area contributed by atoms with Crippen molar-refractivity contribution >= 4 is 11.9 Å². The monoisotopic (exact) mass is 291 g/mol. The second-order valence-electron chi connectivity index (χ2n) is 4.45. The molecule has 0 aromatic carbocycles. The second kappa shape index (κ2) is 6.16. The molecule has 2 aromatic rings. The van der Waals surface area contributed by atoms with Crippen molar-refractivity contribution in [2.45, 2.75) is 26.9 Å². The Bertz CT molecular complexity index is 638. The van der Waals surface area contributed by atoms with Crippen molar-refractivity contribution in [2.75, 3.05) is 11.9 Å². The third-order valence-corrected chi connectivity index (χ3v) is 2.33. The van der Waals surface area contributed by atoms with Crippen LogP contribution < -0.4 is 15.8 Å². The minimum atomic E-state index is -0.617. The average Bonchev–Trinajstić information content (AvgIpc) is 2.87. The lowest BCUT2D eigenvalue weighted by Gasteiger charge is -2.10. The van der Waals surface area contributed by atoms with Crippen molar-refractivity contribution in [1.82, 2.24) is 24.7 Å². The number of nitrogens with zero attached hydrogens (tertiary/aromatic N) is 5. The van der Waals surface area contributed by atoms with Gasteiger partial charge in [-0.05, 0) is 26.8 Å². The second-order valence-corrected chi connectivity index (χ2v) is 4.45. The Balaban J connectivity index is 2.40. The molecule has 0 fully saturated rings. The summed E-state index contributed by atoms with van der Waals surface area (Å²) in [5.41, 5.74) is 5.30. The molecule has 21 heavy (non-hydrogen) atoms. The number of anilines is 1. The molecule has 0 aliphatic carbocycles. The molecule has 2 heterocycles. The summed E-state index contributed by atoms with van der Waals surface area (Å²) in [7, 11) is 0. The molecular formula is C12H17N7O2. The number of hydrogen-bond donors (Lipinski definition) is 2. The van der Waals surface area contributed by atoms with Gasteiger partial charge in [-0.2, -0.15) is 20.1 Å². The van der Waals surface area contributed by atoms with E-state index in [1.54, 1.807) is 6.20 Å². The van der Waals surface area contributed by atoms with Crippen LogP contribution in [0.4, 0.5) is 5.95 Å². The lowest BCUT2D eigenvalue weighted by molar-refractivity contribution is 0.0995. The Hall–Kier alpha value is -2.71. The number of nitrogens with two attached hydrogens (primary N) is 1. The number of primary amides is 1. The van der Waals surface area contributed by atoms with Crippen LogP contribution >= 0.6 is 0 Å². The summed E-state index contributed by atoms with van der Waals surface area (Å²) in [6, 6.07) is 1.67. The lowest BCUT2D eigenvalue weighted by atomic mass is 10.4. The highest BCUT2D eigenvalue weighted by atomic mass is 16.5. The van der Waals surface area contributed by atoms with Gasteiger partial charge in [0.15, 0.2) is 0 Å². The first kappa shape index (κ1) is 14.7. The maximum Gasteiger partial charge on any atom is 0.323 e. The van der Waals surface area contributed by atoms with Crippen LogP contribution in [0.3, 0.4) is 0 Å². The quantitative estimate of drug-likeness (QED) is 0.788. The van der Waals surface area contributed by atoms with Gasteiger partial charge < -0.3 is 15.8 Å². The molecule has 0 atom stereocenters. The third-order valence-electron chi connectivity index (χ3n) is 2.33. The Morgan fingerprint density at radius 2 is 2.19 bits per heavy atom. The fourth-order valence-electron chi connectivity index (χ4n) is 1.52. The van der Waals surface area contributed by atoms with Crippen molar-refractivity contribution in [1.29, 1.82) is 0 Å². The minimum absolute atomic E-state index is 0.0754. The lowest BCUT2D eigenvalue weighted by Crippen LogP contribution is -2.15. The number of carbonyl (C=O) groups is 1. The van der Waals surface area contributed by atoms with Crippen LogP contribution in [0, 0.1) is 0 Å². The smallest absolute Gasteiger partial charge is 0.323 e. The summed E-state index contributed by atoms with van der Waals surface area (Å²) in [5, 5.41) is 6.99. The fourth-order valence-corrected chi connectivity index (χ4v) is 1.52. The van der Waals surface area contributed by atoms with Gasteiger partial charge >= 0.3 is 6.01 Å². The highest BCUT2D eigenvalue weighted by molar-refractivity contribution is 5.90. The summed E-state index contributed by atoms with van der Waals surface area (Å²) in [4.78, 5) is 23.6. The zero-order valence-electron chi connectivity index (χ0n) is 12.1. The van der Waals surface area contributed by atoms with Crippen LogP contribution in [0.5, 0.6) is 6.01 Å². The molecule has 2 aromatic heterocycles. The zero-order valence-corrected chi connectivity index (χ0v) is 12.1. The van der Waals surface area contributed by atoms with E-state index in [4.69, 9.17) is 10.5 Å². The highest BCUT2D eigenvalue weighted by Gasteiger charge is 2.12. The van der Waals surface area contributed by atoms with Gasteiger partial charge in [0, 0.05) is 12.7 Å². The standard InChI is InChI=1S/C12H17N7O2/c1-4-14-10-15-11(17-12(16-10)21-7(2)3)19-6-5-8(18-19)9(13)20/h5-7H,4H2,1-3H3,(H2,13,20)(H,14,15,16,17). The van der Waals surface area contributed by atoms with Gasteiger partial charge in [-0.3, -0.25) is 4.79 Å². The van der Waals surface area contributed by atoms with Crippen molar-refractivity contribution in [3.63, 3.8) is 0 Å². The number of rotatable bonds is 6. The first-order valence-electron chi connectivity index (χ1n) is 6.52. The summed E-state index contributed by atoms with van der Waals surface area (Å²) < 4.78 is 6.83.